The summed E-state index contributed by atoms with van der Waals surface area (Å²) in [5, 5.41) is 20.0. The summed E-state index contributed by atoms with van der Waals surface area (Å²) in [6, 6.07) is 6.51. The van der Waals surface area contributed by atoms with Crippen molar-refractivity contribution in [2.24, 2.45) is 5.92 Å². The SMILES string of the molecule is N#C[C@H](Cc1ccc(-c2cnn(C[C@@H]3CCCO3)c2)cc1F)NC(=O)[C@H]1N[C@@H]2CC[C@H]1C2. The van der Waals surface area contributed by atoms with Gasteiger partial charge in [0.15, 0.2) is 0 Å². The minimum Gasteiger partial charge on any atom is -0.376 e. The molecule has 3 aliphatic rings. The number of benzene rings is 1. The van der Waals surface area contributed by atoms with Crippen LogP contribution in [0, 0.1) is 23.1 Å². The summed E-state index contributed by atoms with van der Waals surface area (Å²) in [7, 11) is 0. The molecule has 7 nitrogen and oxygen atoms in total. The molecule has 0 radical (unpaired) electrons. The first-order valence-electron chi connectivity index (χ1n) is 11.5. The number of ether oxygens (including phenoxy) is 1. The van der Waals surface area contributed by atoms with Crippen molar-refractivity contribution in [3.05, 3.63) is 42.0 Å². The Balaban J connectivity index is 1.21. The van der Waals surface area contributed by atoms with Crippen molar-refractivity contribution in [2.45, 2.75) is 69.3 Å². The normalized spacial score (nSPS) is 27.4. The highest BCUT2D eigenvalue weighted by atomic mass is 19.1. The molecule has 2 N–H and O–H groups in total. The van der Waals surface area contributed by atoms with Gasteiger partial charge in [-0.25, -0.2) is 4.39 Å². The zero-order valence-corrected chi connectivity index (χ0v) is 18.0. The molecule has 1 aromatic carbocycles. The van der Waals surface area contributed by atoms with Gasteiger partial charge in [-0.3, -0.25) is 9.48 Å². The quantitative estimate of drug-likeness (QED) is 0.695. The van der Waals surface area contributed by atoms with Crippen LogP contribution in [0.3, 0.4) is 0 Å². The first kappa shape index (κ1) is 21.1. The smallest absolute Gasteiger partial charge is 0.238 e. The summed E-state index contributed by atoms with van der Waals surface area (Å²) in [6.07, 6.45) is 9.24. The van der Waals surface area contributed by atoms with Gasteiger partial charge in [-0.15, -0.1) is 0 Å². The number of fused-ring (bicyclic) bond motifs is 2. The number of carbonyl (C=O) groups excluding carboxylic acids is 1. The lowest BCUT2D eigenvalue weighted by molar-refractivity contribution is -0.124. The largest absolute Gasteiger partial charge is 0.376 e. The lowest BCUT2D eigenvalue weighted by Crippen LogP contribution is -2.50. The minimum atomic E-state index is -0.766. The Morgan fingerprint density at radius 3 is 2.97 bits per heavy atom. The number of hydrogen-bond donors (Lipinski definition) is 2. The average Bonchev–Trinajstić information content (AvgIpc) is 3.60. The van der Waals surface area contributed by atoms with Gasteiger partial charge in [0, 0.05) is 30.8 Å². The summed E-state index contributed by atoms with van der Waals surface area (Å²) in [6.45, 7) is 1.50. The number of nitrogens with one attached hydrogen (secondary N) is 2. The van der Waals surface area contributed by atoms with E-state index in [-0.39, 0.29) is 30.3 Å². The predicted molar refractivity (Wildman–Crippen MR) is 116 cm³/mol. The number of carbonyl (C=O) groups is 1. The third-order valence-corrected chi connectivity index (χ3v) is 6.97. The maximum atomic E-state index is 14.8. The maximum Gasteiger partial charge on any atom is 0.238 e. The van der Waals surface area contributed by atoms with Crippen LogP contribution in [0.2, 0.25) is 0 Å². The molecule has 3 fully saturated rings. The lowest BCUT2D eigenvalue weighted by Gasteiger charge is -2.23. The van der Waals surface area contributed by atoms with Gasteiger partial charge < -0.3 is 15.4 Å². The van der Waals surface area contributed by atoms with E-state index in [0.717, 1.165) is 49.8 Å². The molecular weight excluding hydrogens is 409 g/mol. The van der Waals surface area contributed by atoms with Crippen LogP contribution in [0.1, 0.15) is 37.7 Å². The van der Waals surface area contributed by atoms with E-state index < -0.39 is 6.04 Å². The van der Waals surface area contributed by atoms with E-state index in [1.807, 2.05) is 16.9 Å². The molecule has 2 saturated heterocycles. The van der Waals surface area contributed by atoms with Gasteiger partial charge in [0.1, 0.15) is 11.9 Å². The van der Waals surface area contributed by atoms with Crippen LogP contribution in [0.15, 0.2) is 30.6 Å². The Bertz CT molecular complexity index is 1030. The van der Waals surface area contributed by atoms with Gasteiger partial charge in [0.05, 0.1) is 31.0 Å². The van der Waals surface area contributed by atoms with Crippen molar-refractivity contribution in [3.8, 4) is 17.2 Å². The highest BCUT2D eigenvalue weighted by Crippen LogP contribution is 2.35. The van der Waals surface area contributed by atoms with E-state index in [1.165, 1.54) is 6.07 Å². The molecule has 2 aliphatic heterocycles. The maximum absolute atomic E-state index is 14.8. The molecular formula is C24H28FN5O2. The van der Waals surface area contributed by atoms with E-state index in [0.29, 0.717) is 24.1 Å². The number of amides is 1. The number of halogens is 1. The Hall–Kier alpha value is -2.76. The van der Waals surface area contributed by atoms with Gasteiger partial charge >= 0.3 is 0 Å². The number of piperidine rings is 1. The minimum absolute atomic E-state index is 0.132. The molecule has 1 saturated carbocycles. The molecule has 0 spiro atoms. The second-order valence-electron chi connectivity index (χ2n) is 9.20. The Kier molecular flexibility index (Phi) is 5.94. The summed E-state index contributed by atoms with van der Waals surface area (Å²) in [5.74, 6) is -0.196. The van der Waals surface area contributed by atoms with Crippen LogP contribution in [0.25, 0.3) is 11.1 Å². The van der Waals surface area contributed by atoms with Crippen molar-refractivity contribution >= 4 is 5.91 Å². The summed E-state index contributed by atoms with van der Waals surface area (Å²) < 4.78 is 22.3. The number of nitriles is 1. The van der Waals surface area contributed by atoms with Crippen molar-refractivity contribution in [1.82, 2.24) is 20.4 Å². The zero-order chi connectivity index (χ0) is 22.1. The molecule has 32 heavy (non-hydrogen) atoms. The second-order valence-corrected chi connectivity index (χ2v) is 9.20. The van der Waals surface area contributed by atoms with Crippen molar-refractivity contribution in [2.75, 3.05) is 6.61 Å². The molecule has 0 unspecified atom stereocenters. The highest BCUT2D eigenvalue weighted by Gasteiger charge is 2.43. The fourth-order valence-corrected chi connectivity index (χ4v) is 5.26. The molecule has 1 aliphatic carbocycles. The second kappa shape index (κ2) is 9.00. The topological polar surface area (TPSA) is 92.0 Å². The van der Waals surface area contributed by atoms with E-state index in [4.69, 9.17) is 4.74 Å². The van der Waals surface area contributed by atoms with Crippen molar-refractivity contribution in [3.63, 3.8) is 0 Å². The summed E-state index contributed by atoms with van der Waals surface area (Å²) in [5.41, 5.74) is 1.97. The van der Waals surface area contributed by atoms with Crippen molar-refractivity contribution in [1.29, 1.82) is 5.26 Å². The first-order valence-corrected chi connectivity index (χ1v) is 11.5. The van der Waals surface area contributed by atoms with E-state index in [1.54, 1.807) is 12.3 Å². The Labute approximate surface area is 186 Å². The molecule has 2 aromatic rings. The Morgan fingerprint density at radius 2 is 2.28 bits per heavy atom. The van der Waals surface area contributed by atoms with Crippen LogP contribution in [0.4, 0.5) is 4.39 Å². The standard InChI is InChI=1S/C24H28FN5O2/c25-22-10-15(18-12-27-30(13-18)14-21-2-1-7-32-21)3-4-16(22)8-20(11-26)29-24(31)23-17-5-6-19(9-17)28-23/h3-4,10,12-13,17,19-21,23,28H,1-2,5-9,14H2,(H,29,31)/t17-,19+,20-,21-,23-/m0/s1. The van der Waals surface area contributed by atoms with Gasteiger partial charge in [-0.05, 0) is 55.2 Å². The summed E-state index contributed by atoms with van der Waals surface area (Å²) in [4.78, 5) is 12.6. The molecule has 168 valence electrons. The fraction of sp³-hybridized carbons (Fsp3) is 0.542. The molecule has 3 heterocycles. The number of nitrogens with zero attached hydrogens (tertiary/aromatic N) is 3. The number of aromatic nitrogens is 2. The van der Waals surface area contributed by atoms with E-state index >= 15 is 0 Å². The first-order chi connectivity index (χ1) is 15.6. The number of rotatable bonds is 7. The molecule has 8 heteroatoms. The molecule has 1 aromatic heterocycles. The van der Waals surface area contributed by atoms with E-state index in [2.05, 4.69) is 21.8 Å². The average molecular weight is 438 g/mol. The molecule has 5 rings (SSSR count). The molecule has 1 amide bonds. The van der Waals surface area contributed by atoms with Gasteiger partial charge in [-0.2, -0.15) is 10.4 Å². The monoisotopic (exact) mass is 437 g/mol. The third-order valence-electron chi connectivity index (χ3n) is 6.97. The lowest BCUT2D eigenvalue weighted by atomic mass is 9.98. The van der Waals surface area contributed by atoms with Crippen molar-refractivity contribution < 1.29 is 13.9 Å². The molecule has 5 atom stereocenters. The van der Waals surface area contributed by atoms with Gasteiger partial charge in [-0.1, -0.05) is 12.1 Å². The van der Waals surface area contributed by atoms with Crippen LogP contribution in [-0.4, -0.2) is 46.5 Å². The van der Waals surface area contributed by atoms with Crippen LogP contribution in [-0.2, 0) is 22.5 Å². The molecule has 2 bridgehead atoms. The van der Waals surface area contributed by atoms with Crippen LogP contribution >= 0.6 is 0 Å². The zero-order valence-electron chi connectivity index (χ0n) is 18.0. The number of hydrogen-bond acceptors (Lipinski definition) is 5. The van der Waals surface area contributed by atoms with Crippen LogP contribution in [0.5, 0.6) is 0 Å². The van der Waals surface area contributed by atoms with E-state index in [9.17, 15) is 14.4 Å². The summed E-state index contributed by atoms with van der Waals surface area (Å²) >= 11 is 0. The Morgan fingerprint density at radius 1 is 1.38 bits per heavy atom. The third kappa shape index (κ3) is 4.41. The van der Waals surface area contributed by atoms with Crippen LogP contribution < -0.4 is 10.6 Å². The van der Waals surface area contributed by atoms with Gasteiger partial charge in [0.25, 0.3) is 0 Å². The van der Waals surface area contributed by atoms with Gasteiger partial charge in [0.2, 0.25) is 5.91 Å². The highest BCUT2D eigenvalue weighted by molar-refractivity contribution is 5.83. The predicted octanol–water partition coefficient (Wildman–Crippen LogP) is 2.56. The fourth-order valence-electron chi connectivity index (χ4n) is 5.26.